The zero-order valence-electron chi connectivity index (χ0n) is 14.2. The maximum absolute atomic E-state index is 12.8. The lowest BCUT2D eigenvalue weighted by Crippen LogP contribution is -2.35. The average Bonchev–Trinajstić information content (AvgIpc) is 2.65. The topological polar surface area (TPSA) is 58.1 Å². The zero-order valence-corrected chi connectivity index (χ0v) is 14.2. The van der Waals surface area contributed by atoms with Gasteiger partial charge in [0.25, 0.3) is 5.91 Å². The summed E-state index contributed by atoms with van der Waals surface area (Å²) in [6.07, 6.45) is 8.73. The van der Waals surface area contributed by atoms with E-state index in [4.69, 9.17) is 0 Å². The van der Waals surface area contributed by atoms with Gasteiger partial charge < -0.3 is 10.2 Å². The van der Waals surface area contributed by atoms with Crippen LogP contribution in [0.25, 0.3) is 0 Å². The second kappa shape index (κ2) is 7.90. The van der Waals surface area contributed by atoms with Crippen LogP contribution in [0.15, 0.2) is 36.7 Å². The molecule has 1 aliphatic rings. The van der Waals surface area contributed by atoms with Gasteiger partial charge in [0.15, 0.2) is 0 Å². The minimum atomic E-state index is -0.0281. The van der Waals surface area contributed by atoms with Crippen molar-refractivity contribution in [3.8, 4) is 0 Å². The molecule has 1 N–H and O–H groups in total. The van der Waals surface area contributed by atoms with Crippen LogP contribution in [0.5, 0.6) is 0 Å². The molecule has 2 heterocycles. The first-order chi connectivity index (χ1) is 11.8. The largest absolute Gasteiger partial charge is 0.354 e. The van der Waals surface area contributed by atoms with Crippen molar-refractivity contribution in [2.24, 2.45) is 0 Å². The second-order valence-corrected chi connectivity index (χ2v) is 6.12. The molecule has 1 aromatic heterocycles. The van der Waals surface area contributed by atoms with E-state index >= 15 is 0 Å². The average molecular weight is 324 g/mol. The first-order valence-electron chi connectivity index (χ1n) is 8.75. The van der Waals surface area contributed by atoms with Crippen molar-refractivity contribution < 1.29 is 4.79 Å². The third-order valence-corrected chi connectivity index (χ3v) is 4.32. The van der Waals surface area contributed by atoms with Gasteiger partial charge in [0.05, 0.1) is 5.56 Å². The molecule has 3 rings (SSSR count). The van der Waals surface area contributed by atoms with E-state index in [1.165, 1.54) is 18.4 Å². The van der Waals surface area contributed by atoms with Crippen LogP contribution < -0.4 is 10.2 Å². The number of unbranched alkanes of at least 4 members (excludes halogenated alkanes) is 2. The van der Waals surface area contributed by atoms with Gasteiger partial charge in [0, 0.05) is 31.2 Å². The molecule has 0 atom stereocenters. The molecule has 5 heteroatoms. The molecule has 126 valence electrons. The number of hydrogen-bond acceptors (Lipinski definition) is 4. The number of amides is 1. The maximum Gasteiger partial charge on any atom is 0.261 e. The minimum Gasteiger partial charge on any atom is -0.354 e. The van der Waals surface area contributed by atoms with Crippen molar-refractivity contribution in [3.63, 3.8) is 0 Å². The minimum absolute atomic E-state index is 0.0281. The molecule has 0 unspecified atom stereocenters. The predicted octanol–water partition coefficient (Wildman–Crippen LogP) is 3.67. The first kappa shape index (κ1) is 16.4. The van der Waals surface area contributed by atoms with Crippen LogP contribution in [0.1, 0.15) is 48.5 Å². The van der Waals surface area contributed by atoms with E-state index in [0.717, 1.165) is 38.0 Å². The van der Waals surface area contributed by atoms with Crippen molar-refractivity contribution in [1.29, 1.82) is 0 Å². The molecule has 2 aromatic rings. The maximum atomic E-state index is 12.8. The highest BCUT2D eigenvalue weighted by molar-refractivity contribution is 6.06. The van der Waals surface area contributed by atoms with Crippen LogP contribution in [-0.4, -0.2) is 29.0 Å². The molecule has 5 nitrogen and oxygen atoms in total. The number of carbonyl (C=O) groups is 1. The summed E-state index contributed by atoms with van der Waals surface area (Å²) < 4.78 is 0. The van der Waals surface area contributed by atoms with Crippen LogP contribution in [-0.2, 0) is 6.42 Å². The third kappa shape index (κ3) is 3.72. The zero-order chi connectivity index (χ0) is 16.8. The fourth-order valence-electron chi connectivity index (χ4n) is 3.01. The highest BCUT2D eigenvalue weighted by atomic mass is 16.2. The molecule has 0 aliphatic carbocycles. The van der Waals surface area contributed by atoms with E-state index in [-0.39, 0.29) is 5.91 Å². The summed E-state index contributed by atoms with van der Waals surface area (Å²) in [7, 11) is 0. The number of anilines is 2. The highest BCUT2D eigenvalue weighted by Crippen LogP contribution is 2.27. The van der Waals surface area contributed by atoms with Crippen LogP contribution in [0.3, 0.4) is 0 Å². The number of aromatic nitrogens is 2. The Morgan fingerprint density at radius 3 is 2.79 bits per heavy atom. The molecular weight excluding hydrogens is 300 g/mol. The molecule has 0 spiro atoms. The van der Waals surface area contributed by atoms with Crippen LogP contribution in [0.4, 0.5) is 11.6 Å². The quantitative estimate of drug-likeness (QED) is 0.824. The molecule has 0 saturated heterocycles. The van der Waals surface area contributed by atoms with Gasteiger partial charge in [-0.2, -0.15) is 0 Å². The molecule has 1 aliphatic heterocycles. The van der Waals surface area contributed by atoms with Crippen molar-refractivity contribution >= 4 is 17.5 Å². The Kier molecular flexibility index (Phi) is 5.41. The summed E-state index contributed by atoms with van der Waals surface area (Å²) in [6.45, 7) is 3.78. The predicted molar refractivity (Wildman–Crippen MR) is 96.5 cm³/mol. The number of rotatable bonds is 6. The van der Waals surface area contributed by atoms with Crippen molar-refractivity contribution in [1.82, 2.24) is 9.97 Å². The van der Waals surface area contributed by atoms with Gasteiger partial charge in [-0.25, -0.2) is 9.97 Å². The van der Waals surface area contributed by atoms with Gasteiger partial charge in [-0.05, 0) is 30.9 Å². The van der Waals surface area contributed by atoms with E-state index in [1.54, 1.807) is 12.4 Å². The van der Waals surface area contributed by atoms with Gasteiger partial charge >= 0.3 is 0 Å². The number of para-hydroxylation sites is 1. The molecule has 1 amide bonds. The number of aryl methyl sites for hydroxylation is 1. The fraction of sp³-hybridized carbons (Fsp3) is 0.421. The Morgan fingerprint density at radius 2 is 2.00 bits per heavy atom. The van der Waals surface area contributed by atoms with E-state index in [1.807, 2.05) is 23.1 Å². The monoisotopic (exact) mass is 324 g/mol. The van der Waals surface area contributed by atoms with E-state index < -0.39 is 0 Å². The second-order valence-electron chi connectivity index (χ2n) is 6.12. The van der Waals surface area contributed by atoms with E-state index in [9.17, 15) is 4.79 Å². The molecule has 0 saturated carbocycles. The van der Waals surface area contributed by atoms with E-state index in [0.29, 0.717) is 11.5 Å². The van der Waals surface area contributed by atoms with Crippen LogP contribution in [0.2, 0.25) is 0 Å². The van der Waals surface area contributed by atoms with Gasteiger partial charge in [-0.15, -0.1) is 0 Å². The normalized spacial score (nSPS) is 13.5. The van der Waals surface area contributed by atoms with Gasteiger partial charge in [-0.3, -0.25) is 4.79 Å². The number of benzene rings is 1. The molecule has 0 fully saturated rings. The number of nitrogens with one attached hydrogen (secondary N) is 1. The van der Waals surface area contributed by atoms with Crippen LogP contribution >= 0.6 is 0 Å². The Hall–Kier alpha value is -2.43. The van der Waals surface area contributed by atoms with Gasteiger partial charge in [-0.1, -0.05) is 38.0 Å². The van der Waals surface area contributed by atoms with Crippen LogP contribution in [0, 0.1) is 0 Å². The summed E-state index contributed by atoms with van der Waals surface area (Å²) in [6, 6.07) is 8.10. The summed E-state index contributed by atoms with van der Waals surface area (Å²) in [5.74, 6) is 0.557. The van der Waals surface area contributed by atoms with Gasteiger partial charge in [0.2, 0.25) is 5.95 Å². The molecular formula is C19H24N4O. The Morgan fingerprint density at radius 1 is 1.21 bits per heavy atom. The highest BCUT2D eigenvalue weighted by Gasteiger charge is 2.23. The molecule has 0 radical (unpaired) electrons. The van der Waals surface area contributed by atoms with E-state index in [2.05, 4.69) is 28.3 Å². The smallest absolute Gasteiger partial charge is 0.261 e. The first-order valence-corrected chi connectivity index (χ1v) is 8.75. The SMILES string of the molecule is CCCCCNc1ncc(C(=O)N2CCCc3ccccc32)cn1. The lowest BCUT2D eigenvalue weighted by Gasteiger charge is -2.29. The third-order valence-electron chi connectivity index (χ3n) is 4.32. The number of fused-ring (bicyclic) bond motifs is 1. The fourth-order valence-corrected chi connectivity index (χ4v) is 3.01. The molecule has 0 bridgehead atoms. The number of hydrogen-bond donors (Lipinski definition) is 1. The number of nitrogens with zero attached hydrogens (tertiary/aromatic N) is 3. The summed E-state index contributed by atoms with van der Waals surface area (Å²) in [5, 5.41) is 3.19. The van der Waals surface area contributed by atoms with Crippen molar-refractivity contribution in [2.45, 2.75) is 39.0 Å². The summed E-state index contributed by atoms with van der Waals surface area (Å²) >= 11 is 0. The summed E-state index contributed by atoms with van der Waals surface area (Å²) in [4.78, 5) is 23.2. The summed E-state index contributed by atoms with van der Waals surface area (Å²) in [5.41, 5.74) is 2.77. The molecule has 24 heavy (non-hydrogen) atoms. The standard InChI is InChI=1S/C19H24N4O/c1-2-3-6-11-20-19-21-13-16(14-22-19)18(24)23-12-7-9-15-8-4-5-10-17(15)23/h4-5,8,10,13-14H,2-3,6-7,9,11-12H2,1H3,(H,20,21,22). The number of carbonyl (C=O) groups excluding carboxylic acids is 1. The van der Waals surface area contributed by atoms with Crippen molar-refractivity contribution in [2.75, 3.05) is 23.3 Å². The lowest BCUT2D eigenvalue weighted by molar-refractivity contribution is 0.0984. The van der Waals surface area contributed by atoms with Gasteiger partial charge in [0.1, 0.15) is 0 Å². The Labute approximate surface area is 143 Å². The Bertz CT molecular complexity index is 684. The Balaban J connectivity index is 1.68. The molecule has 1 aromatic carbocycles. The van der Waals surface area contributed by atoms with Crippen molar-refractivity contribution in [3.05, 3.63) is 47.8 Å². The lowest BCUT2D eigenvalue weighted by atomic mass is 10.0.